The molecule has 2 rings (SSSR count). The van der Waals surface area contributed by atoms with Crippen molar-refractivity contribution >= 4 is 23.4 Å². The quantitative estimate of drug-likeness (QED) is 0.736. The van der Waals surface area contributed by atoms with Gasteiger partial charge in [0.1, 0.15) is 0 Å². The van der Waals surface area contributed by atoms with Gasteiger partial charge in [-0.25, -0.2) is 0 Å². The highest BCUT2D eigenvalue weighted by Gasteiger charge is 2.43. The van der Waals surface area contributed by atoms with Crippen LogP contribution in [0, 0.1) is 0 Å². The monoisotopic (exact) mass is 223 g/mol. The molecule has 0 spiro atoms. The fraction of sp³-hybridized carbons (Fsp3) is 0.273. The van der Waals surface area contributed by atoms with Gasteiger partial charge in [-0.3, -0.25) is 14.9 Å². The summed E-state index contributed by atoms with van der Waals surface area (Å²) in [6, 6.07) is 7.00. The fourth-order valence-corrected chi connectivity index (χ4v) is 1.89. The summed E-state index contributed by atoms with van der Waals surface area (Å²) >= 11 is 5.76. The zero-order valence-corrected chi connectivity index (χ0v) is 8.97. The first kappa shape index (κ1) is 10.2. The third-order valence-electron chi connectivity index (χ3n) is 2.75. The highest BCUT2D eigenvalue weighted by Crippen LogP contribution is 2.32. The van der Waals surface area contributed by atoms with E-state index in [0.717, 1.165) is 5.56 Å². The molecule has 0 aliphatic carbocycles. The third-order valence-corrected chi connectivity index (χ3v) is 3.00. The predicted molar refractivity (Wildman–Crippen MR) is 56.6 cm³/mol. The number of carbonyl (C=O) groups is 2. The van der Waals surface area contributed by atoms with Crippen LogP contribution < -0.4 is 5.32 Å². The van der Waals surface area contributed by atoms with E-state index in [1.807, 2.05) is 0 Å². The molecule has 1 aromatic carbocycles. The second-order valence-electron chi connectivity index (χ2n) is 3.89. The highest BCUT2D eigenvalue weighted by atomic mass is 35.5. The van der Waals surface area contributed by atoms with E-state index in [4.69, 9.17) is 11.6 Å². The van der Waals surface area contributed by atoms with Crippen LogP contribution in [0.3, 0.4) is 0 Å². The van der Waals surface area contributed by atoms with Crippen molar-refractivity contribution in [1.82, 2.24) is 5.32 Å². The first-order valence-corrected chi connectivity index (χ1v) is 5.00. The van der Waals surface area contributed by atoms with Crippen molar-refractivity contribution < 1.29 is 9.59 Å². The van der Waals surface area contributed by atoms with Crippen LogP contribution in [0.5, 0.6) is 0 Å². The second kappa shape index (κ2) is 3.35. The molecule has 1 aliphatic rings. The standard InChI is InChI=1S/C11H10ClNO2/c1-11(6-9(14)13-10(11)15)7-2-4-8(12)5-3-7/h2-5H,6H2,1H3,(H,13,14,15)/t11-/m0/s1. The van der Waals surface area contributed by atoms with Crippen LogP contribution in [0.25, 0.3) is 0 Å². The van der Waals surface area contributed by atoms with Gasteiger partial charge in [-0.2, -0.15) is 0 Å². The van der Waals surface area contributed by atoms with Crippen LogP contribution in [-0.2, 0) is 15.0 Å². The summed E-state index contributed by atoms with van der Waals surface area (Å²) in [5.74, 6) is -0.465. The number of hydrogen-bond donors (Lipinski definition) is 1. The van der Waals surface area contributed by atoms with Crippen LogP contribution in [0.1, 0.15) is 18.9 Å². The molecule has 0 unspecified atom stereocenters. The molecule has 1 saturated heterocycles. The number of halogens is 1. The Kier molecular flexibility index (Phi) is 2.27. The lowest BCUT2D eigenvalue weighted by atomic mass is 9.81. The van der Waals surface area contributed by atoms with Gasteiger partial charge in [0.15, 0.2) is 0 Å². The molecule has 1 N–H and O–H groups in total. The number of nitrogens with one attached hydrogen (secondary N) is 1. The molecule has 0 bridgehead atoms. The zero-order chi connectivity index (χ0) is 11.1. The Balaban J connectivity index is 2.41. The van der Waals surface area contributed by atoms with Crippen LogP contribution in [0.15, 0.2) is 24.3 Å². The van der Waals surface area contributed by atoms with Crippen molar-refractivity contribution in [3.8, 4) is 0 Å². The molecule has 0 radical (unpaired) electrons. The maximum absolute atomic E-state index is 11.6. The van der Waals surface area contributed by atoms with E-state index in [2.05, 4.69) is 5.32 Å². The Hall–Kier alpha value is -1.35. The second-order valence-corrected chi connectivity index (χ2v) is 4.33. The van der Waals surface area contributed by atoms with Crippen LogP contribution in [-0.4, -0.2) is 11.8 Å². The summed E-state index contributed by atoms with van der Waals surface area (Å²) in [6.07, 6.45) is 0.202. The molecular formula is C11H10ClNO2. The van der Waals surface area contributed by atoms with E-state index in [-0.39, 0.29) is 18.2 Å². The van der Waals surface area contributed by atoms with E-state index in [1.54, 1.807) is 31.2 Å². The van der Waals surface area contributed by atoms with E-state index in [9.17, 15) is 9.59 Å². The van der Waals surface area contributed by atoms with Gasteiger partial charge in [0.05, 0.1) is 5.41 Å². The van der Waals surface area contributed by atoms with Crippen molar-refractivity contribution in [1.29, 1.82) is 0 Å². The molecule has 4 heteroatoms. The summed E-state index contributed by atoms with van der Waals surface area (Å²) < 4.78 is 0. The molecule has 1 fully saturated rings. The average molecular weight is 224 g/mol. The number of benzene rings is 1. The van der Waals surface area contributed by atoms with E-state index >= 15 is 0 Å². The molecule has 0 aromatic heterocycles. The largest absolute Gasteiger partial charge is 0.296 e. The van der Waals surface area contributed by atoms with Crippen LogP contribution >= 0.6 is 11.6 Å². The zero-order valence-electron chi connectivity index (χ0n) is 8.21. The summed E-state index contributed by atoms with van der Waals surface area (Å²) in [5.41, 5.74) is 0.0667. The van der Waals surface area contributed by atoms with Gasteiger partial charge in [-0.05, 0) is 24.6 Å². The van der Waals surface area contributed by atoms with Crippen LogP contribution in [0.4, 0.5) is 0 Å². The normalized spacial score (nSPS) is 25.5. The maximum atomic E-state index is 11.6. The summed E-state index contributed by atoms with van der Waals surface area (Å²) in [7, 11) is 0. The molecule has 78 valence electrons. The lowest BCUT2D eigenvalue weighted by Crippen LogP contribution is -2.32. The average Bonchev–Trinajstić information content (AvgIpc) is 2.42. The Bertz CT molecular complexity index is 427. The predicted octanol–water partition coefficient (Wildman–Crippen LogP) is 1.64. The summed E-state index contributed by atoms with van der Waals surface area (Å²) in [5, 5.41) is 2.93. The molecule has 1 heterocycles. The van der Waals surface area contributed by atoms with Crippen molar-refractivity contribution in [3.05, 3.63) is 34.9 Å². The smallest absolute Gasteiger partial charge is 0.237 e. The molecule has 2 amide bonds. The number of amides is 2. The van der Waals surface area contributed by atoms with Gasteiger partial charge in [-0.1, -0.05) is 23.7 Å². The summed E-state index contributed by atoms with van der Waals surface area (Å²) in [6.45, 7) is 1.76. The minimum absolute atomic E-state index is 0.202. The topological polar surface area (TPSA) is 46.2 Å². The lowest BCUT2D eigenvalue weighted by Gasteiger charge is -2.19. The van der Waals surface area contributed by atoms with Crippen molar-refractivity contribution in [2.45, 2.75) is 18.8 Å². The minimum atomic E-state index is -0.748. The first-order valence-electron chi connectivity index (χ1n) is 4.63. The van der Waals surface area contributed by atoms with E-state index in [0.29, 0.717) is 5.02 Å². The molecule has 1 aromatic rings. The van der Waals surface area contributed by atoms with Gasteiger partial charge < -0.3 is 0 Å². The Labute approximate surface area is 92.4 Å². The Morgan fingerprint density at radius 2 is 1.87 bits per heavy atom. The minimum Gasteiger partial charge on any atom is -0.296 e. The SMILES string of the molecule is C[C@@]1(c2ccc(Cl)cc2)CC(=O)NC1=O. The third kappa shape index (κ3) is 1.63. The number of imide groups is 1. The van der Waals surface area contributed by atoms with E-state index in [1.165, 1.54) is 0 Å². The van der Waals surface area contributed by atoms with Crippen molar-refractivity contribution in [3.63, 3.8) is 0 Å². The van der Waals surface area contributed by atoms with Crippen LogP contribution in [0.2, 0.25) is 5.02 Å². The first-order chi connectivity index (χ1) is 7.02. The van der Waals surface area contributed by atoms with Gasteiger partial charge in [0.2, 0.25) is 11.8 Å². The molecule has 0 saturated carbocycles. The Morgan fingerprint density at radius 3 is 2.33 bits per heavy atom. The van der Waals surface area contributed by atoms with Gasteiger partial charge in [0, 0.05) is 11.4 Å². The lowest BCUT2D eigenvalue weighted by molar-refractivity contribution is -0.126. The number of rotatable bonds is 1. The van der Waals surface area contributed by atoms with Gasteiger partial charge >= 0.3 is 0 Å². The molecular weight excluding hydrogens is 214 g/mol. The van der Waals surface area contributed by atoms with Gasteiger partial charge in [-0.15, -0.1) is 0 Å². The van der Waals surface area contributed by atoms with Crippen molar-refractivity contribution in [2.24, 2.45) is 0 Å². The molecule has 1 atom stereocenters. The van der Waals surface area contributed by atoms with Gasteiger partial charge in [0.25, 0.3) is 0 Å². The number of hydrogen-bond acceptors (Lipinski definition) is 2. The van der Waals surface area contributed by atoms with E-state index < -0.39 is 5.41 Å². The number of carbonyl (C=O) groups excluding carboxylic acids is 2. The molecule has 1 aliphatic heterocycles. The molecule has 15 heavy (non-hydrogen) atoms. The highest BCUT2D eigenvalue weighted by molar-refractivity contribution is 6.30. The van der Waals surface area contributed by atoms with Crippen molar-refractivity contribution in [2.75, 3.05) is 0 Å². The Morgan fingerprint density at radius 1 is 1.27 bits per heavy atom. The fourth-order valence-electron chi connectivity index (χ4n) is 1.76. The molecule has 3 nitrogen and oxygen atoms in total. The summed E-state index contributed by atoms with van der Waals surface area (Å²) in [4.78, 5) is 22.8. The maximum Gasteiger partial charge on any atom is 0.237 e.